The minimum atomic E-state index is 0.0395. The summed E-state index contributed by atoms with van der Waals surface area (Å²) in [4.78, 5) is 27.7. The Hall–Kier alpha value is -1.75. The fourth-order valence-electron chi connectivity index (χ4n) is 2.95. The van der Waals surface area contributed by atoms with Gasteiger partial charge in [0.1, 0.15) is 11.6 Å². The first-order valence-corrected chi connectivity index (χ1v) is 12.8. The lowest BCUT2D eigenvalue weighted by atomic mass is 9.83. The first kappa shape index (κ1) is 41.5. The van der Waals surface area contributed by atoms with Crippen molar-refractivity contribution in [1.29, 1.82) is 0 Å². The largest absolute Gasteiger partial charge is 0.397 e. The van der Waals surface area contributed by atoms with Gasteiger partial charge in [-0.25, -0.2) is 0 Å². The fraction of sp³-hybridized carbons (Fsp3) is 0.750. The van der Waals surface area contributed by atoms with Crippen LogP contribution in [0.15, 0.2) is 24.5 Å². The van der Waals surface area contributed by atoms with Crippen molar-refractivity contribution in [3.63, 3.8) is 0 Å². The summed E-state index contributed by atoms with van der Waals surface area (Å²) in [5.41, 5.74) is 6.05. The molecule has 0 spiro atoms. The van der Waals surface area contributed by atoms with Crippen LogP contribution in [0.5, 0.6) is 0 Å². The number of hydrogen-bond acceptors (Lipinski definition) is 5. The van der Waals surface area contributed by atoms with E-state index in [1.165, 1.54) is 0 Å². The zero-order valence-electron chi connectivity index (χ0n) is 24.9. The first-order valence-electron chi connectivity index (χ1n) is 12.8. The maximum absolute atomic E-state index is 11.5. The van der Waals surface area contributed by atoms with Crippen LogP contribution in [-0.4, -0.2) is 40.6 Å². The zero-order valence-corrected chi connectivity index (χ0v) is 24.9. The maximum Gasteiger partial charge on any atom is 0.147 e. The number of ketones is 2. The summed E-state index contributed by atoms with van der Waals surface area (Å²) in [7, 11) is 0. The highest BCUT2D eigenvalue weighted by Gasteiger charge is 2.32. The molecule has 0 radical (unpaired) electrons. The van der Waals surface area contributed by atoms with Crippen LogP contribution in [0.2, 0.25) is 0 Å². The van der Waals surface area contributed by atoms with Gasteiger partial charge >= 0.3 is 0 Å². The average molecular weight is 470 g/mol. The molecule has 198 valence electrons. The monoisotopic (exact) mass is 469 g/mol. The second kappa shape index (κ2) is 28.3. The Kier molecular flexibility index (Phi) is 35.6. The molecule has 5 nitrogen and oxygen atoms in total. The number of nitrogen functional groups attached to an aromatic ring is 1. The standard InChI is InChI=1S/C11H23NO.C6H12O.C5H6N2.3C2H6/c1-7-12(8-2)10(9(3)13)11(4,5)6;1-5(2)4-6(3)7;6-5-2-1-3-7-4-5;3*1-2/h10H,7-8H2,1-6H3;5H,4H2,1-3H3;1-4H,6H2;3*1-2H3. The molecule has 0 saturated carbocycles. The van der Waals surface area contributed by atoms with Gasteiger partial charge in [0, 0.05) is 18.8 Å². The predicted octanol–water partition coefficient (Wildman–Crippen LogP) is 7.70. The summed E-state index contributed by atoms with van der Waals surface area (Å²) in [6.07, 6.45) is 4.02. The Balaban J connectivity index is -0.000000112. The van der Waals surface area contributed by atoms with Gasteiger partial charge in [-0.15, -0.1) is 0 Å². The van der Waals surface area contributed by atoms with Gasteiger partial charge in [0.15, 0.2) is 0 Å². The minimum Gasteiger partial charge on any atom is -0.397 e. The Morgan fingerprint density at radius 1 is 0.970 bits per heavy atom. The summed E-state index contributed by atoms with van der Waals surface area (Å²) in [5.74, 6) is 1.09. The van der Waals surface area contributed by atoms with Gasteiger partial charge in [-0.1, -0.05) is 90.0 Å². The highest BCUT2D eigenvalue weighted by molar-refractivity contribution is 5.82. The van der Waals surface area contributed by atoms with Crippen molar-refractivity contribution in [2.45, 2.75) is 116 Å². The predicted molar refractivity (Wildman–Crippen MR) is 150 cm³/mol. The van der Waals surface area contributed by atoms with E-state index in [2.05, 4.69) is 44.5 Å². The highest BCUT2D eigenvalue weighted by atomic mass is 16.1. The molecule has 5 heteroatoms. The molecule has 0 aliphatic heterocycles. The molecule has 1 heterocycles. The lowest BCUT2D eigenvalue weighted by Crippen LogP contribution is -2.48. The van der Waals surface area contributed by atoms with E-state index in [4.69, 9.17) is 5.73 Å². The van der Waals surface area contributed by atoms with Crippen LogP contribution >= 0.6 is 0 Å². The Morgan fingerprint density at radius 2 is 1.39 bits per heavy atom. The fourth-order valence-corrected chi connectivity index (χ4v) is 2.95. The summed E-state index contributed by atoms with van der Waals surface area (Å²) in [5, 5.41) is 0. The van der Waals surface area contributed by atoms with E-state index in [0.29, 0.717) is 11.6 Å². The normalized spacial score (nSPS) is 10.2. The van der Waals surface area contributed by atoms with E-state index in [1.807, 2.05) is 55.4 Å². The lowest BCUT2D eigenvalue weighted by molar-refractivity contribution is -0.125. The van der Waals surface area contributed by atoms with E-state index < -0.39 is 0 Å². The molecular weight excluding hydrogens is 410 g/mol. The molecular formula is C28H59N3O2. The molecule has 1 atom stereocenters. The molecule has 1 aromatic rings. The molecule has 0 saturated heterocycles. The van der Waals surface area contributed by atoms with E-state index in [9.17, 15) is 9.59 Å². The topological polar surface area (TPSA) is 76.3 Å². The lowest BCUT2D eigenvalue weighted by Gasteiger charge is -2.37. The van der Waals surface area contributed by atoms with Gasteiger partial charge in [-0.2, -0.15) is 0 Å². The van der Waals surface area contributed by atoms with Crippen LogP contribution in [0, 0.1) is 11.3 Å². The number of carbonyl (C=O) groups is 2. The van der Waals surface area contributed by atoms with Gasteiger partial charge in [0.25, 0.3) is 0 Å². The Morgan fingerprint density at radius 3 is 1.48 bits per heavy atom. The van der Waals surface area contributed by atoms with Crippen molar-refractivity contribution in [3.8, 4) is 0 Å². The Labute approximate surface area is 207 Å². The molecule has 0 aliphatic rings. The van der Waals surface area contributed by atoms with Gasteiger partial charge in [-0.05, 0) is 50.4 Å². The van der Waals surface area contributed by atoms with Crippen molar-refractivity contribution in [2.75, 3.05) is 18.8 Å². The zero-order chi connectivity index (χ0) is 27.6. The molecule has 0 bridgehead atoms. The number of hydrogen-bond donors (Lipinski definition) is 1. The Bertz CT molecular complexity index is 520. The van der Waals surface area contributed by atoms with E-state index >= 15 is 0 Å². The molecule has 1 unspecified atom stereocenters. The van der Waals surface area contributed by atoms with Crippen LogP contribution in [0.4, 0.5) is 5.69 Å². The summed E-state index contributed by atoms with van der Waals surface area (Å²) < 4.78 is 0. The van der Waals surface area contributed by atoms with Crippen molar-refractivity contribution in [3.05, 3.63) is 24.5 Å². The van der Waals surface area contributed by atoms with Crippen LogP contribution in [-0.2, 0) is 9.59 Å². The number of nitrogens with two attached hydrogens (primary N) is 1. The highest BCUT2D eigenvalue weighted by Crippen LogP contribution is 2.24. The number of carbonyl (C=O) groups excluding carboxylic acids is 2. The van der Waals surface area contributed by atoms with Crippen molar-refractivity contribution in [1.82, 2.24) is 9.88 Å². The first-order chi connectivity index (χ1) is 15.4. The molecule has 0 amide bonds. The third-order valence-corrected chi connectivity index (χ3v) is 3.76. The molecule has 0 aliphatic carbocycles. The van der Waals surface area contributed by atoms with Gasteiger partial charge in [0.2, 0.25) is 0 Å². The molecule has 1 rings (SSSR count). The molecule has 0 aromatic carbocycles. The number of anilines is 1. The molecule has 1 aromatic heterocycles. The van der Waals surface area contributed by atoms with Gasteiger partial charge in [-0.3, -0.25) is 14.7 Å². The van der Waals surface area contributed by atoms with Crippen LogP contribution in [0.25, 0.3) is 0 Å². The van der Waals surface area contributed by atoms with Gasteiger partial charge < -0.3 is 10.5 Å². The maximum atomic E-state index is 11.5. The van der Waals surface area contributed by atoms with Crippen molar-refractivity contribution >= 4 is 17.3 Å². The van der Waals surface area contributed by atoms with Crippen LogP contribution < -0.4 is 5.73 Å². The number of aromatic nitrogens is 1. The second-order valence-corrected chi connectivity index (χ2v) is 8.19. The average Bonchev–Trinajstić information content (AvgIpc) is 2.75. The summed E-state index contributed by atoms with van der Waals surface area (Å²) in [6, 6.07) is 3.66. The third kappa shape index (κ3) is 30.2. The summed E-state index contributed by atoms with van der Waals surface area (Å²) >= 11 is 0. The molecule has 33 heavy (non-hydrogen) atoms. The SMILES string of the molecule is CC.CC.CC.CC(=O)CC(C)C.CCN(CC)C(C(C)=O)C(C)(C)C.Nc1cccnc1. The number of pyridine rings is 1. The minimum absolute atomic E-state index is 0.0395. The van der Waals surface area contributed by atoms with Crippen LogP contribution in [0.1, 0.15) is 110 Å². The summed E-state index contributed by atoms with van der Waals surface area (Å²) in [6.45, 7) is 31.9. The van der Waals surface area contributed by atoms with Gasteiger partial charge in [0.05, 0.1) is 11.7 Å². The van der Waals surface area contributed by atoms with E-state index in [-0.39, 0.29) is 23.0 Å². The van der Waals surface area contributed by atoms with E-state index in [0.717, 1.165) is 19.5 Å². The molecule has 2 N–H and O–H groups in total. The van der Waals surface area contributed by atoms with E-state index in [1.54, 1.807) is 38.4 Å². The molecule has 0 fully saturated rings. The number of nitrogens with zero attached hydrogens (tertiary/aromatic N) is 2. The van der Waals surface area contributed by atoms with Crippen molar-refractivity contribution < 1.29 is 9.59 Å². The quantitative estimate of drug-likeness (QED) is 0.462. The number of likely N-dealkylation sites (N-methyl/N-ethyl adjacent to an activating group) is 1. The third-order valence-electron chi connectivity index (χ3n) is 3.76. The van der Waals surface area contributed by atoms with Crippen molar-refractivity contribution in [2.24, 2.45) is 11.3 Å². The second-order valence-electron chi connectivity index (χ2n) is 8.19. The smallest absolute Gasteiger partial charge is 0.147 e. The van der Waals surface area contributed by atoms with Crippen LogP contribution in [0.3, 0.4) is 0 Å². The number of rotatable bonds is 6. The number of Topliss-reactive ketones (excluding diaryl/α,β-unsaturated/α-hetero) is 2.